The molecule has 24 heavy (non-hydrogen) atoms. The zero-order chi connectivity index (χ0) is 16.9. The second kappa shape index (κ2) is 7.23. The molecule has 0 amide bonds. The molecule has 0 spiro atoms. The van der Waals surface area contributed by atoms with Gasteiger partial charge in [0.1, 0.15) is 17.9 Å². The third kappa shape index (κ3) is 3.60. The molecule has 1 aromatic heterocycles. The molecule has 3 rings (SSSR count). The number of aromatic nitrogens is 1. The molecule has 5 nitrogen and oxygen atoms in total. The number of ether oxygens (including phenoxy) is 1. The van der Waals surface area contributed by atoms with E-state index in [9.17, 15) is 4.79 Å². The van der Waals surface area contributed by atoms with Gasteiger partial charge in [0.15, 0.2) is 5.76 Å². The molecule has 1 N–H and O–H groups in total. The highest BCUT2D eigenvalue weighted by Crippen LogP contribution is 2.38. The van der Waals surface area contributed by atoms with Crippen molar-refractivity contribution < 1.29 is 19.2 Å². The molecular formula is C18H15NO4S. The van der Waals surface area contributed by atoms with Gasteiger partial charge in [-0.2, -0.15) is 0 Å². The number of carboxylic acids is 1. The van der Waals surface area contributed by atoms with Crippen LogP contribution in [-0.2, 0) is 11.2 Å². The van der Waals surface area contributed by atoms with Crippen molar-refractivity contribution in [2.75, 3.05) is 7.11 Å². The van der Waals surface area contributed by atoms with Crippen LogP contribution < -0.4 is 4.74 Å². The molecular weight excluding hydrogens is 326 g/mol. The normalized spacial score (nSPS) is 10.5. The molecule has 3 aromatic rings. The van der Waals surface area contributed by atoms with E-state index in [4.69, 9.17) is 14.4 Å². The van der Waals surface area contributed by atoms with Crippen LogP contribution >= 0.6 is 11.8 Å². The molecule has 122 valence electrons. The molecule has 0 saturated carbocycles. The Balaban J connectivity index is 1.99. The van der Waals surface area contributed by atoms with Gasteiger partial charge in [-0.15, -0.1) is 0 Å². The Morgan fingerprint density at radius 2 is 1.88 bits per heavy atom. The van der Waals surface area contributed by atoms with Crippen molar-refractivity contribution in [1.82, 2.24) is 5.16 Å². The molecule has 0 aliphatic rings. The summed E-state index contributed by atoms with van der Waals surface area (Å²) in [5.74, 6) is 0.156. The SMILES string of the molecule is COc1ccc(Sc2c(-c3ccccc3)noc2CC(=O)O)cc1. The second-order valence-electron chi connectivity index (χ2n) is 5.00. The lowest BCUT2D eigenvalue weighted by Gasteiger charge is -2.05. The fourth-order valence-corrected chi connectivity index (χ4v) is 3.20. The Labute approximate surface area is 143 Å². The maximum atomic E-state index is 11.1. The topological polar surface area (TPSA) is 72.6 Å². The van der Waals surface area contributed by atoms with Crippen molar-refractivity contribution in [1.29, 1.82) is 0 Å². The third-order valence-electron chi connectivity index (χ3n) is 3.35. The van der Waals surface area contributed by atoms with Crippen LogP contribution in [0.15, 0.2) is 68.9 Å². The second-order valence-corrected chi connectivity index (χ2v) is 6.08. The van der Waals surface area contributed by atoms with Crippen molar-refractivity contribution in [2.45, 2.75) is 16.2 Å². The van der Waals surface area contributed by atoms with Crippen LogP contribution in [0.3, 0.4) is 0 Å². The van der Waals surface area contributed by atoms with Gasteiger partial charge in [0.05, 0.1) is 12.0 Å². The maximum Gasteiger partial charge on any atom is 0.311 e. The number of hydrogen-bond acceptors (Lipinski definition) is 5. The fourth-order valence-electron chi connectivity index (χ4n) is 2.21. The van der Waals surface area contributed by atoms with E-state index in [2.05, 4.69) is 5.16 Å². The number of rotatable bonds is 6. The van der Waals surface area contributed by atoms with Crippen LogP contribution in [0.1, 0.15) is 5.76 Å². The minimum Gasteiger partial charge on any atom is -0.497 e. The maximum absolute atomic E-state index is 11.1. The van der Waals surface area contributed by atoms with Crippen molar-refractivity contribution in [3.63, 3.8) is 0 Å². The molecule has 0 radical (unpaired) electrons. The number of methoxy groups -OCH3 is 1. The summed E-state index contributed by atoms with van der Waals surface area (Å²) in [6, 6.07) is 17.1. The quantitative estimate of drug-likeness (QED) is 0.727. The largest absolute Gasteiger partial charge is 0.497 e. The predicted octanol–water partition coefficient (Wildman–Crippen LogP) is 4.13. The van der Waals surface area contributed by atoms with E-state index in [-0.39, 0.29) is 6.42 Å². The summed E-state index contributed by atoms with van der Waals surface area (Å²) in [5.41, 5.74) is 1.53. The van der Waals surface area contributed by atoms with E-state index in [1.54, 1.807) is 7.11 Å². The van der Waals surface area contributed by atoms with Gasteiger partial charge < -0.3 is 14.4 Å². The van der Waals surface area contributed by atoms with Crippen LogP contribution in [0.25, 0.3) is 11.3 Å². The van der Waals surface area contributed by atoms with Crippen LogP contribution in [0.5, 0.6) is 5.75 Å². The van der Waals surface area contributed by atoms with Gasteiger partial charge >= 0.3 is 5.97 Å². The molecule has 0 saturated heterocycles. The highest BCUT2D eigenvalue weighted by Gasteiger charge is 2.20. The van der Waals surface area contributed by atoms with Crippen LogP contribution in [0.4, 0.5) is 0 Å². The van der Waals surface area contributed by atoms with E-state index in [0.29, 0.717) is 16.3 Å². The smallest absolute Gasteiger partial charge is 0.311 e. The van der Waals surface area contributed by atoms with E-state index < -0.39 is 5.97 Å². The summed E-state index contributed by atoms with van der Waals surface area (Å²) in [6.45, 7) is 0. The van der Waals surface area contributed by atoms with Crippen LogP contribution in [0, 0.1) is 0 Å². The fraction of sp³-hybridized carbons (Fsp3) is 0.111. The number of carboxylic acid groups (broad SMARTS) is 1. The van der Waals surface area contributed by atoms with Gasteiger partial charge in [-0.3, -0.25) is 4.79 Å². The molecule has 2 aromatic carbocycles. The highest BCUT2D eigenvalue weighted by molar-refractivity contribution is 7.99. The Bertz CT molecular complexity index is 828. The van der Waals surface area contributed by atoms with Gasteiger partial charge in [-0.1, -0.05) is 47.3 Å². The van der Waals surface area contributed by atoms with E-state index in [1.165, 1.54) is 11.8 Å². The summed E-state index contributed by atoms with van der Waals surface area (Å²) in [6.07, 6.45) is -0.210. The molecule has 0 bridgehead atoms. The Kier molecular flexibility index (Phi) is 4.86. The zero-order valence-electron chi connectivity index (χ0n) is 12.9. The highest BCUT2D eigenvalue weighted by atomic mass is 32.2. The van der Waals surface area contributed by atoms with Crippen LogP contribution in [-0.4, -0.2) is 23.3 Å². The predicted molar refractivity (Wildman–Crippen MR) is 90.4 cm³/mol. The Morgan fingerprint density at radius 1 is 1.17 bits per heavy atom. The summed E-state index contributed by atoms with van der Waals surface area (Å²) >= 11 is 1.43. The number of hydrogen-bond donors (Lipinski definition) is 1. The first-order valence-corrected chi connectivity index (χ1v) is 8.06. The first-order valence-electron chi connectivity index (χ1n) is 7.25. The van der Waals surface area contributed by atoms with Crippen molar-refractivity contribution >= 4 is 17.7 Å². The third-order valence-corrected chi connectivity index (χ3v) is 4.49. The number of nitrogens with zero attached hydrogens (tertiary/aromatic N) is 1. The lowest BCUT2D eigenvalue weighted by atomic mass is 10.1. The summed E-state index contributed by atoms with van der Waals surface area (Å²) in [4.78, 5) is 12.8. The standard InChI is InChI=1S/C18H15NO4S/c1-22-13-7-9-14(10-8-13)24-18-15(11-16(20)21)23-19-17(18)12-5-3-2-4-6-12/h2-10H,11H2,1H3,(H,20,21). The molecule has 0 aliphatic heterocycles. The summed E-state index contributed by atoms with van der Waals surface area (Å²) in [5, 5.41) is 13.2. The van der Waals surface area contributed by atoms with E-state index >= 15 is 0 Å². The minimum atomic E-state index is -0.956. The Hall–Kier alpha value is -2.73. The average Bonchev–Trinajstić information content (AvgIpc) is 2.98. The lowest BCUT2D eigenvalue weighted by molar-refractivity contribution is -0.136. The molecule has 0 fully saturated rings. The minimum absolute atomic E-state index is 0.210. The first kappa shape index (κ1) is 16.1. The summed E-state index contributed by atoms with van der Waals surface area (Å²) < 4.78 is 10.5. The van der Waals surface area contributed by atoms with Gasteiger partial charge in [-0.25, -0.2) is 0 Å². The van der Waals surface area contributed by atoms with E-state index in [0.717, 1.165) is 16.2 Å². The van der Waals surface area contributed by atoms with E-state index in [1.807, 2.05) is 54.6 Å². The molecule has 0 atom stereocenters. The van der Waals surface area contributed by atoms with Gasteiger partial charge in [0.2, 0.25) is 0 Å². The molecule has 0 unspecified atom stereocenters. The molecule has 0 aliphatic carbocycles. The molecule has 1 heterocycles. The lowest BCUT2D eigenvalue weighted by Crippen LogP contribution is -1.99. The van der Waals surface area contributed by atoms with Crippen LogP contribution in [0.2, 0.25) is 0 Å². The number of carbonyl (C=O) groups is 1. The monoisotopic (exact) mass is 341 g/mol. The number of benzene rings is 2. The zero-order valence-corrected chi connectivity index (χ0v) is 13.7. The van der Waals surface area contributed by atoms with Crippen molar-refractivity contribution in [3.8, 4) is 17.0 Å². The van der Waals surface area contributed by atoms with Gasteiger partial charge in [0, 0.05) is 10.5 Å². The summed E-state index contributed by atoms with van der Waals surface area (Å²) in [7, 11) is 1.61. The number of aliphatic carboxylic acids is 1. The first-order chi connectivity index (χ1) is 11.7. The molecule has 6 heteroatoms. The van der Waals surface area contributed by atoms with Crippen molar-refractivity contribution in [3.05, 3.63) is 60.4 Å². The van der Waals surface area contributed by atoms with Crippen molar-refractivity contribution in [2.24, 2.45) is 0 Å². The van der Waals surface area contributed by atoms with Gasteiger partial charge in [-0.05, 0) is 24.3 Å². The van der Waals surface area contributed by atoms with Gasteiger partial charge in [0.25, 0.3) is 0 Å². The average molecular weight is 341 g/mol. The Morgan fingerprint density at radius 3 is 2.50 bits per heavy atom.